The Bertz CT molecular complexity index is 917. The molecule has 106 valence electrons. The second-order valence-electron chi connectivity index (χ2n) is 10.8. The zero-order valence-electron chi connectivity index (χ0n) is 10.5. The van der Waals surface area contributed by atoms with E-state index in [0.717, 1.165) is 38.5 Å². The van der Waals surface area contributed by atoms with Crippen molar-refractivity contribution >= 4 is 0 Å². The molecule has 0 aliphatic carbocycles. The molecule has 4 nitrogen and oxygen atoms in total. The molecule has 5 heteroatoms. The summed E-state index contributed by atoms with van der Waals surface area (Å²) in [7, 11) is 0. The molecule has 0 radical (unpaired) electrons. The minimum absolute atomic E-state index is 0.154. The van der Waals surface area contributed by atoms with Gasteiger partial charge in [-0.3, -0.25) is 0 Å². The van der Waals surface area contributed by atoms with Crippen LogP contribution in [-0.2, 0) is 16.0 Å². The van der Waals surface area contributed by atoms with E-state index in [-0.39, 0.29) is 22.2 Å². The van der Waals surface area contributed by atoms with Gasteiger partial charge in [-0.15, -0.1) is 0 Å². The summed E-state index contributed by atoms with van der Waals surface area (Å²) in [6.07, 6.45) is 0. The Morgan fingerprint density at radius 2 is 1.16 bits per heavy atom. The second kappa shape index (κ2) is 0.725. The van der Waals surface area contributed by atoms with Gasteiger partial charge in [0.15, 0.2) is 0 Å². The van der Waals surface area contributed by atoms with E-state index in [1.807, 2.05) is 0 Å². The predicted molar refractivity (Wildman–Crippen MR) is 61.5 cm³/mol. The van der Waals surface area contributed by atoms with E-state index >= 15 is 0 Å². The molecule has 0 aromatic carbocycles. The van der Waals surface area contributed by atoms with Crippen LogP contribution in [0.15, 0.2) is 0 Å². The van der Waals surface area contributed by atoms with Gasteiger partial charge in [0.1, 0.15) is 0 Å². The molecule has 10 aliphatic rings. The fourth-order valence-corrected chi connectivity index (χ4v) is 90.2. The van der Waals surface area contributed by atoms with Crippen LogP contribution in [0.1, 0.15) is 0 Å². The number of ether oxygens (including phenoxy) is 2. The zero-order chi connectivity index (χ0) is 12.2. The number of aliphatic hydroxyl groups excluding tert-OH is 2. The maximum absolute atomic E-state index is 9.23. The van der Waals surface area contributed by atoms with E-state index in [9.17, 15) is 10.2 Å². The molecular weight excluding hydrogens is 288 g/mol. The summed E-state index contributed by atoms with van der Waals surface area (Å²) in [6, 6.07) is 0. The number of aliphatic hydroxyl groups is 2. The molecule has 10 heterocycles. The van der Waals surface area contributed by atoms with E-state index < -0.39 is 6.51 Å². The molecule has 4 unspecified atom stereocenters. The molecule has 10 fully saturated rings. The van der Waals surface area contributed by atoms with Crippen LogP contribution < -0.4 is 0 Å². The molecule has 0 bridgehead atoms. The van der Waals surface area contributed by atoms with Crippen LogP contribution in [-0.4, -0.2) is 45.6 Å². The van der Waals surface area contributed by atoms with Gasteiger partial charge in [-0.2, -0.15) is 0 Å². The normalized spacial score (nSPS) is 112. The first kappa shape index (κ1) is 8.11. The third kappa shape index (κ3) is 0.0872. The zero-order valence-corrected chi connectivity index (χ0v) is 11.6. The molecule has 0 aromatic rings. The van der Waals surface area contributed by atoms with Crippen LogP contribution in [0.5, 0.6) is 0 Å². The van der Waals surface area contributed by atoms with Crippen molar-refractivity contribution in [1.82, 2.24) is 0 Å². The minimum atomic E-state index is -3.52. The molecule has 10 saturated heterocycles. The van der Waals surface area contributed by atoms with Crippen LogP contribution in [0.4, 0.5) is 0 Å². The summed E-state index contributed by atoms with van der Waals surface area (Å²) < 4.78 is 13.4. The Labute approximate surface area is 100 Å². The Hall–Kier alpha value is 0.359. The quantitative estimate of drug-likeness (QED) is 0.724. The molecule has 2 N–H and O–H groups in total. The molecule has 0 saturated carbocycles. The van der Waals surface area contributed by atoms with Gasteiger partial charge in [0.2, 0.25) is 0 Å². The Balaban J connectivity index is 1.43. The first-order valence-corrected chi connectivity index (χ1v) is 14.0. The van der Waals surface area contributed by atoms with Crippen molar-refractivity contribution in [2.75, 3.05) is 26.4 Å². The van der Waals surface area contributed by atoms with Gasteiger partial charge >= 0.3 is 100 Å². The van der Waals surface area contributed by atoms with Crippen molar-refractivity contribution in [3.05, 3.63) is 0 Å². The van der Waals surface area contributed by atoms with Gasteiger partial charge in [-0.1, -0.05) is 0 Å². The maximum atomic E-state index is 9.23. The third-order valence-electron chi connectivity index (χ3n) is 15.4. The summed E-state index contributed by atoms with van der Waals surface area (Å²) in [4.78, 5) is 8.74. The van der Waals surface area contributed by atoms with Gasteiger partial charge in [0, 0.05) is 0 Å². The van der Waals surface area contributed by atoms with Crippen molar-refractivity contribution in [3.8, 4) is 0 Å². The SMILES string of the molecule is OCCO[C]12[CH]3[CH]4[CH]5[C]1(OCCO)[Fe]43521678[CH]2[CH]1[CH]6[CH]7[CH]28. The Morgan fingerprint density at radius 3 is 1.42 bits per heavy atom. The fraction of sp³-hybridized carbons (Fsp3) is 1.00. The van der Waals surface area contributed by atoms with E-state index in [0.29, 0.717) is 13.2 Å². The predicted octanol–water partition coefficient (Wildman–Crippen LogP) is 1.21. The van der Waals surface area contributed by atoms with E-state index in [2.05, 4.69) is 0 Å². The van der Waals surface area contributed by atoms with E-state index in [4.69, 9.17) is 9.47 Å². The van der Waals surface area contributed by atoms with Crippen molar-refractivity contribution < 1.29 is 26.2 Å². The van der Waals surface area contributed by atoms with Crippen LogP contribution >= 0.6 is 0 Å². The van der Waals surface area contributed by atoms with E-state index in [1.54, 1.807) is 0 Å². The molecule has 0 aromatic heterocycles. The first-order valence-electron chi connectivity index (χ1n) is 7.77. The summed E-state index contributed by atoms with van der Waals surface area (Å²) in [5.74, 6) is 0. The van der Waals surface area contributed by atoms with Crippen LogP contribution in [0.2, 0.25) is 38.5 Å². The monoisotopic (exact) mass is 306 g/mol. The van der Waals surface area contributed by atoms with Gasteiger partial charge < -0.3 is 0 Å². The standard InChI is InChI=1S/C9H13O4.C5H5.Fe/c10-4-6-12-8-2-1-3-9(8)13-7-5-11;1-2-4-5-3-1;/h1-3,10-11H,4-7H2;1-5H;. The summed E-state index contributed by atoms with van der Waals surface area (Å²) in [5, 5.41) is 18.5. The van der Waals surface area contributed by atoms with Crippen LogP contribution in [0, 0.1) is 0 Å². The van der Waals surface area contributed by atoms with E-state index in [1.165, 1.54) is 0 Å². The van der Waals surface area contributed by atoms with Gasteiger partial charge in [-0.25, -0.2) is 0 Å². The average Bonchev–Trinajstić information content (AvgIpc) is 3.36. The molecule has 10 aliphatic heterocycles. The molecule has 10 rings (SSSR count). The number of fused-ring (bicyclic) bond motifs is 10. The van der Waals surface area contributed by atoms with Gasteiger partial charge in [0.05, 0.1) is 0 Å². The van der Waals surface area contributed by atoms with Crippen molar-refractivity contribution in [3.63, 3.8) is 0 Å². The van der Waals surface area contributed by atoms with Gasteiger partial charge in [-0.05, 0) is 0 Å². The Morgan fingerprint density at radius 1 is 0.737 bits per heavy atom. The van der Waals surface area contributed by atoms with Crippen LogP contribution in [0.3, 0.4) is 0 Å². The van der Waals surface area contributed by atoms with Crippen LogP contribution in [0.25, 0.3) is 0 Å². The molecular formula is C14H18FeO4. The molecule has 0 amide bonds. The molecule has 1 spiro atoms. The second-order valence-corrected chi connectivity index (χ2v) is 33.9. The third-order valence-corrected chi connectivity index (χ3v) is 57.3. The van der Waals surface area contributed by atoms with Gasteiger partial charge in [0.25, 0.3) is 0 Å². The number of rotatable bonds is 6. The Kier molecular flexibility index (Phi) is 0.310. The van der Waals surface area contributed by atoms with Crippen molar-refractivity contribution in [2.24, 2.45) is 0 Å². The van der Waals surface area contributed by atoms with Crippen molar-refractivity contribution in [1.29, 1.82) is 0 Å². The number of hydrogen-bond donors (Lipinski definition) is 2. The van der Waals surface area contributed by atoms with Crippen molar-refractivity contribution in [2.45, 2.75) is 47.5 Å². The summed E-state index contributed by atoms with van der Waals surface area (Å²) in [5.41, 5.74) is 0. The molecule has 19 heavy (non-hydrogen) atoms. The average molecular weight is 306 g/mol. The summed E-state index contributed by atoms with van der Waals surface area (Å²) >= 11 is 0. The number of hydrogen-bond acceptors (Lipinski definition) is 4. The topological polar surface area (TPSA) is 58.9 Å². The fourth-order valence-electron chi connectivity index (χ4n) is 17.3. The first-order chi connectivity index (χ1) is 9.06. The summed E-state index contributed by atoms with van der Waals surface area (Å²) in [6.45, 7) is -2.16. The molecule has 4 atom stereocenters.